The van der Waals surface area contributed by atoms with Crippen LogP contribution >= 0.6 is 0 Å². The molecule has 4 rings (SSSR count). The van der Waals surface area contributed by atoms with E-state index in [9.17, 15) is 18.3 Å². The van der Waals surface area contributed by atoms with Gasteiger partial charge in [0.25, 0.3) is 5.91 Å². The predicted octanol–water partition coefficient (Wildman–Crippen LogP) is 5.62. The number of aliphatic hydroxyl groups excluding tert-OH is 1. The normalized spacial score (nSPS) is 17.9. The molecule has 8 nitrogen and oxygen atoms in total. The van der Waals surface area contributed by atoms with E-state index in [-0.39, 0.29) is 10.8 Å². The Kier molecular flexibility index (Phi) is 9.18. The van der Waals surface area contributed by atoms with Crippen LogP contribution in [0, 0.1) is 0 Å². The summed E-state index contributed by atoms with van der Waals surface area (Å²) in [6.45, 7) is 8.11. The maximum absolute atomic E-state index is 13.3. The fourth-order valence-corrected chi connectivity index (χ4v) is 5.84. The quantitative estimate of drug-likeness (QED) is 0.260. The first kappa shape index (κ1) is 29.6. The van der Waals surface area contributed by atoms with Crippen molar-refractivity contribution in [2.75, 3.05) is 11.9 Å². The van der Waals surface area contributed by atoms with Gasteiger partial charge in [-0.05, 0) is 74.7 Å². The van der Waals surface area contributed by atoms with Crippen molar-refractivity contribution in [3.63, 3.8) is 0 Å². The number of aryl methyl sites for hydroxylation is 1. The van der Waals surface area contributed by atoms with Crippen molar-refractivity contribution in [1.82, 2.24) is 4.72 Å². The lowest BCUT2D eigenvalue weighted by atomic mass is 9.86. The van der Waals surface area contributed by atoms with Gasteiger partial charge in [-0.2, -0.15) is 0 Å². The van der Waals surface area contributed by atoms with Crippen LogP contribution in [-0.2, 0) is 16.4 Å². The number of rotatable bonds is 11. The number of carbonyl (C=O) groups excluding carboxylic acids is 1. The highest BCUT2D eigenvalue weighted by Crippen LogP contribution is 2.41. The van der Waals surface area contributed by atoms with Crippen molar-refractivity contribution in [2.45, 2.75) is 76.0 Å². The zero-order valence-electron chi connectivity index (χ0n) is 23.4. The number of fused-ring (bicyclic) bond motifs is 1. The van der Waals surface area contributed by atoms with Crippen molar-refractivity contribution < 1.29 is 27.8 Å². The number of hydrogen-bond donors (Lipinski definition) is 3. The summed E-state index contributed by atoms with van der Waals surface area (Å²) < 4.78 is 41.1. The lowest BCUT2D eigenvalue weighted by molar-refractivity contribution is -0.0603. The molecule has 214 valence electrons. The van der Waals surface area contributed by atoms with Gasteiger partial charge in [0.05, 0.1) is 17.5 Å². The first-order valence-electron chi connectivity index (χ1n) is 13.7. The molecule has 3 N–H and O–H groups in total. The maximum Gasteiger partial charge on any atom is 0.255 e. The summed E-state index contributed by atoms with van der Waals surface area (Å²) in [7, 11) is -3.99. The van der Waals surface area contributed by atoms with Crippen LogP contribution in [0.15, 0.2) is 71.6 Å². The first-order chi connectivity index (χ1) is 19.0. The van der Waals surface area contributed by atoms with Gasteiger partial charge in [-0.25, -0.2) is 13.1 Å². The highest BCUT2D eigenvalue weighted by molar-refractivity contribution is 7.89. The van der Waals surface area contributed by atoms with E-state index in [4.69, 9.17) is 9.47 Å². The Balaban J connectivity index is 1.58. The zero-order chi connectivity index (χ0) is 28.9. The summed E-state index contributed by atoms with van der Waals surface area (Å²) in [5.74, 6) is 0.671. The summed E-state index contributed by atoms with van der Waals surface area (Å²) in [6, 6.07) is 17.6. The van der Waals surface area contributed by atoms with Crippen LogP contribution < -0.4 is 19.5 Å². The molecule has 1 aliphatic rings. The number of ether oxygens (including phenoxy) is 2. The Morgan fingerprint density at radius 3 is 2.48 bits per heavy atom. The Morgan fingerprint density at radius 1 is 1.02 bits per heavy atom. The second-order valence-electron chi connectivity index (χ2n) is 10.5. The van der Waals surface area contributed by atoms with Crippen molar-refractivity contribution >= 4 is 21.6 Å². The standard InChI is InChI=1S/C31H38N2O6S/c1-5-7-8-18-38-24-11-9-10-23(20-24)32-30(35)22-14-17-27-26(19-22)28(29(34)31(3,4)39-27)33-40(36,37)25-15-12-21(6-2)13-16-25/h9-17,19-20,28-29,33-34H,5-8,18H2,1-4H3,(H,32,35)/t28-,29+/m1/s1. The van der Waals surface area contributed by atoms with Crippen molar-refractivity contribution in [3.8, 4) is 11.5 Å². The molecule has 1 amide bonds. The van der Waals surface area contributed by atoms with Gasteiger partial charge in [0.2, 0.25) is 10.0 Å². The van der Waals surface area contributed by atoms with Gasteiger partial charge in [0, 0.05) is 22.9 Å². The molecular weight excluding hydrogens is 528 g/mol. The average molecular weight is 567 g/mol. The van der Waals surface area contributed by atoms with E-state index in [1.165, 1.54) is 0 Å². The Labute approximate surface area is 236 Å². The maximum atomic E-state index is 13.3. The molecular formula is C31H38N2O6S. The topological polar surface area (TPSA) is 114 Å². The molecule has 40 heavy (non-hydrogen) atoms. The smallest absolute Gasteiger partial charge is 0.255 e. The van der Waals surface area contributed by atoms with E-state index >= 15 is 0 Å². The second kappa shape index (κ2) is 12.4. The van der Waals surface area contributed by atoms with E-state index < -0.39 is 27.8 Å². The molecule has 9 heteroatoms. The summed E-state index contributed by atoms with van der Waals surface area (Å²) in [5, 5.41) is 14.0. The summed E-state index contributed by atoms with van der Waals surface area (Å²) >= 11 is 0. The van der Waals surface area contributed by atoms with E-state index in [0.717, 1.165) is 31.2 Å². The number of nitrogens with one attached hydrogen (secondary N) is 2. The molecule has 0 unspecified atom stereocenters. The third-order valence-corrected chi connectivity index (χ3v) is 8.50. The van der Waals surface area contributed by atoms with Crippen LogP contribution in [0.4, 0.5) is 5.69 Å². The number of unbranched alkanes of at least 4 members (excludes halogenated alkanes) is 2. The molecule has 0 aliphatic carbocycles. The van der Waals surface area contributed by atoms with Crippen LogP contribution in [0.3, 0.4) is 0 Å². The summed E-state index contributed by atoms with van der Waals surface area (Å²) in [5.41, 5.74) is 1.18. The predicted molar refractivity (Wildman–Crippen MR) is 155 cm³/mol. The van der Waals surface area contributed by atoms with Gasteiger partial charge >= 0.3 is 0 Å². The van der Waals surface area contributed by atoms with Crippen LogP contribution in [0.5, 0.6) is 11.5 Å². The van der Waals surface area contributed by atoms with Crippen molar-refractivity contribution in [3.05, 3.63) is 83.4 Å². The van der Waals surface area contributed by atoms with E-state index in [2.05, 4.69) is 17.0 Å². The monoisotopic (exact) mass is 566 g/mol. The van der Waals surface area contributed by atoms with Gasteiger partial charge in [-0.1, -0.05) is 44.9 Å². The first-order valence-corrected chi connectivity index (χ1v) is 15.2. The molecule has 0 saturated carbocycles. The Bertz CT molecular complexity index is 1440. The molecule has 1 heterocycles. The molecule has 0 radical (unpaired) electrons. The number of sulfonamides is 1. The number of aliphatic hydroxyl groups is 1. The third-order valence-electron chi connectivity index (χ3n) is 7.04. The Morgan fingerprint density at radius 2 is 1.77 bits per heavy atom. The van der Waals surface area contributed by atoms with E-state index in [1.54, 1.807) is 68.4 Å². The number of hydrogen-bond acceptors (Lipinski definition) is 6. The highest BCUT2D eigenvalue weighted by Gasteiger charge is 2.44. The fraction of sp³-hybridized carbons (Fsp3) is 0.387. The molecule has 2 atom stereocenters. The van der Waals surface area contributed by atoms with Crippen LogP contribution in [0.1, 0.15) is 74.5 Å². The molecule has 3 aromatic carbocycles. The summed E-state index contributed by atoms with van der Waals surface area (Å²) in [6.07, 6.45) is 2.72. The van der Waals surface area contributed by atoms with Gasteiger partial charge in [-0.15, -0.1) is 0 Å². The fourth-order valence-electron chi connectivity index (χ4n) is 4.62. The molecule has 0 spiro atoms. The largest absolute Gasteiger partial charge is 0.494 e. The minimum atomic E-state index is -3.99. The van der Waals surface area contributed by atoms with E-state index in [0.29, 0.717) is 34.9 Å². The zero-order valence-corrected chi connectivity index (χ0v) is 24.3. The number of carbonyl (C=O) groups is 1. The van der Waals surface area contributed by atoms with Crippen molar-refractivity contribution in [1.29, 1.82) is 0 Å². The summed E-state index contributed by atoms with van der Waals surface area (Å²) in [4.78, 5) is 13.3. The molecule has 0 aromatic heterocycles. The van der Waals surface area contributed by atoms with Gasteiger partial charge in [0.15, 0.2) is 0 Å². The van der Waals surface area contributed by atoms with Crippen LogP contribution in [0.25, 0.3) is 0 Å². The van der Waals surface area contributed by atoms with Crippen molar-refractivity contribution in [2.24, 2.45) is 0 Å². The average Bonchev–Trinajstić information content (AvgIpc) is 2.93. The SMILES string of the molecule is CCCCCOc1cccc(NC(=O)c2ccc3c(c2)[C@@H](NS(=O)(=O)c2ccc(CC)cc2)[C@H](O)C(C)(C)O3)c1. The van der Waals surface area contributed by atoms with Crippen LogP contribution in [0.2, 0.25) is 0 Å². The molecule has 0 bridgehead atoms. The van der Waals surface area contributed by atoms with Gasteiger partial charge < -0.3 is 19.9 Å². The lowest BCUT2D eigenvalue weighted by Gasteiger charge is -2.42. The second-order valence-corrected chi connectivity index (χ2v) is 12.3. The lowest BCUT2D eigenvalue weighted by Crippen LogP contribution is -2.53. The molecule has 3 aromatic rings. The van der Waals surface area contributed by atoms with E-state index in [1.807, 2.05) is 19.1 Å². The molecule has 1 aliphatic heterocycles. The minimum Gasteiger partial charge on any atom is -0.494 e. The minimum absolute atomic E-state index is 0.0911. The third kappa shape index (κ3) is 6.83. The van der Waals surface area contributed by atoms with Crippen LogP contribution in [-0.4, -0.2) is 37.7 Å². The van der Waals surface area contributed by atoms with Gasteiger partial charge in [0.1, 0.15) is 23.2 Å². The number of amides is 1. The molecule has 0 fully saturated rings. The number of benzene rings is 3. The Hall–Kier alpha value is -3.40. The highest BCUT2D eigenvalue weighted by atomic mass is 32.2. The molecule has 0 saturated heterocycles. The number of anilines is 1. The van der Waals surface area contributed by atoms with Gasteiger partial charge in [-0.3, -0.25) is 4.79 Å².